The van der Waals surface area contributed by atoms with Gasteiger partial charge in [-0.2, -0.15) is 0 Å². The third-order valence-corrected chi connectivity index (χ3v) is 6.30. The van der Waals surface area contributed by atoms with Crippen molar-refractivity contribution < 1.29 is 18.0 Å². The number of hydrogen-bond acceptors (Lipinski definition) is 4. The molecule has 0 aliphatic rings. The summed E-state index contributed by atoms with van der Waals surface area (Å²) in [6.07, 6.45) is 0.630. The molecule has 0 aromatic heterocycles. The number of nitrogens with one attached hydrogen (secondary N) is 2. The zero-order valence-corrected chi connectivity index (χ0v) is 18.1. The standard InChI is InChI=1S/C20H24ClN3O4S/c1-14-6-11-17(29(27,28)24(2)3)13-18(14)23-19(25)5-4-12-22-20(26)15-7-9-16(21)10-8-15/h6-11,13H,4-5,12H2,1-3H3,(H,22,26)(H,23,25). The first kappa shape index (κ1) is 22.9. The Bertz CT molecular complexity index is 989. The number of amides is 2. The number of carbonyl (C=O) groups is 2. The second kappa shape index (κ2) is 9.87. The molecule has 0 unspecified atom stereocenters. The number of nitrogens with zero attached hydrogens (tertiary/aromatic N) is 1. The third-order valence-electron chi connectivity index (χ3n) is 4.23. The van der Waals surface area contributed by atoms with Gasteiger partial charge in [0.05, 0.1) is 4.90 Å². The molecule has 0 fully saturated rings. The second-order valence-corrected chi connectivity index (χ2v) is 9.27. The second-order valence-electron chi connectivity index (χ2n) is 6.68. The number of carbonyl (C=O) groups excluding carboxylic acids is 2. The van der Waals surface area contributed by atoms with E-state index in [0.717, 1.165) is 9.87 Å². The summed E-state index contributed by atoms with van der Waals surface area (Å²) in [6.45, 7) is 2.12. The predicted octanol–water partition coefficient (Wildman–Crippen LogP) is 3.05. The first-order valence-electron chi connectivity index (χ1n) is 8.98. The van der Waals surface area contributed by atoms with Crippen LogP contribution in [0.25, 0.3) is 0 Å². The molecule has 0 spiro atoms. The maximum atomic E-state index is 12.3. The van der Waals surface area contributed by atoms with Crippen LogP contribution in [-0.2, 0) is 14.8 Å². The van der Waals surface area contributed by atoms with Crippen molar-refractivity contribution in [1.29, 1.82) is 0 Å². The highest BCUT2D eigenvalue weighted by Gasteiger charge is 2.18. The van der Waals surface area contributed by atoms with Crippen LogP contribution in [0.1, 0.15) is 28.8 Å². The van der Waals surface area contributed by atoms with Gasteiger partial charge >= 0.3 is 0 Å². The maximum absolute atomic E-state index is 12.3. The molecule has 2 rings (SSSR count). The van der Waals surface area contributed by atoms with Gasteiger partial charge in [-0.1, -0.05) is 17.7 Å². The minimum Gasteiger partial charge on any atom is -0.352 e. The molecule has 2 aromatic rings. The summed E-state index contributed by atoms with van der Waals surface area (Å²) in [5.74, 6) is -0.493. The Kier molecular flexibility index (Phi) is 7.78. The molecule has 9 heteroatoms. The number of rotatable bonds is 8. The summed E-state index contributed by atoms with van der Waals surface area (Å²) in [5, 5.41) is 6.03. The van der Waals surface area contributed by atoms with Gasteiger partial charge in [0.1, 0.15) is 0 Å². The van der Waals surface area contributed by atoms with Crippen molar-refractivity contribution in [3.8, 4) is 0 Å². The largest absolute Gasteiger partial charge is 0.352 e. The van der Waals surface area contributed by atoms with Crippen molar-refractivity contribution in [3.05, 3.63) is 58.6 Å². The van der Waals surface area contributed by atoms with Crippen molar-refractivity contribution in [2.24, 2.45) is 0 Å². The van der Waals surface area contributed by atoms with Crippen molar-refractivity contribution in [3.63, 3.8) is 0 Å². The Morgan fingerprint density at radius 1 is 1.07 bits per heavy atom. The van der Waals surface area contributed by atoms with Crippen LogP contribution in [0.3, 0.4) is 0 Å². The Balaban J connectivity index is 1.88. The van der Waals surface area contributed by atoms with E-state index in [1.807, 2.05) is 0 Å². The van der Waals surface area contributed by atoms with Crippen molar-refractivity contribution >= 4 is 39.1 Å². The van der Waals surface area contributed by atoms with Gasteiger partial charge in [-0.15, -0.1) is 0 Å². The Morgan fingerprint density at radius 2 is 1.72 bits per heavy atom. The molecule has 2 N–H and O–H groups in total. The van der Waals surface area contributed by atoms with Crippen LogP contribution >= 0.6 is 11.6 Å². The van der Waals surface area contributed by atoms with E-state index < -0.39 is 10.0 Å². The highest BCUT2D eigenvalue weighted by molar-refractivity contribution is 7.89. The highest BCUT2D eigenvalue weighted by Crippen LogP contribution is 2.22. The summed E-state index contributed by atoms with van der Waals surface area (Å²) < 4.78 is 25.6. The lowest BCUT2D eigenvalue weighted by molar-refractivity contribution is -0.116. The normalized spacial score (nSPS) is 11.3. The van der Waals surface area contributed by atoms with Gasteiger partial charge in [0, 0.05) is 43.3 Å². The molecule has 0 bridgehead atoms. The van der Waals surface area contributed by atoms with E-state index in [0.29, 0.717) is 29.2 Å². The van der Waals surface area contributed by atoms with E-state index in [1.54, 1.807) is 37.3 Å². The van der Waals surface area contributed by atoms with Crippen LogP contribution < -0.4 is 10.6 Å². The smallest absolute Gasteiger partial charge is 0.251 e. The lowest BCUT2D eigenvalue weighted by atomic mass is 10.2. The zero-order valence-electron chi connectivity index (χ0n) is 16.5. The first-order chi connectivity index (χ1) is 13.6. The van der Waals surface area contributed by atoms with Gasteiger partial charge in [-0.3, -0.25) is 9.59 Å². The first-order valence-corrected chi connectivity index (χ1v) is 10.8. The predicted molar refractivity (Wildman–Crippen MR) is 114 cm³/mol. The molecule has 0 radical (unpaired) electrons. The monoisotopic (exact) mass is 437 g/mol. The van der Waals surface area contributed by atoms with Crippen LogP contribution in [0.2, 0.25) is 5.02 Å². The lowest BCUT2D eigenvalue weighted by Crippen LogP contribution is -2.25. The van der Waals surface area contributed by atoms with Crippen molar-refractivity contribution in [1.82, 2.24) is 9.62 Å². The van der Waals surface area contributed by atoms with E-state index in [9.17, 15) is 18.0 Å². The molecular formula is C20H24ClN3O4S. The molecule has 0 aliphatic heterocycles. The number of aryl methyl sites for hydroxylation is 1. The summed E-state index contributed by atoms with van der Waals surface area (Å²) in [6, 6.07) is 11.1. The summed E-state index contributed by atoms with van der Waals surface area (Å²) in [5.41, 5.74) is 1.70. The average Bonchev–Trinajstić information content (AvgIpc) is 2.67. The van der Waals surface area contributed by atoms with E-state index in [4.69, 9.17) is 11.6 Å². The summed E-state index contributed by atoms with van der Waals surface area (Å²) in [4.78, 5) is 24.3. The Hall–Kier alpha value is -2.42. The van der Waals surface area contributed by atoms with Gasteiger partial charge in [-0.25, -0.2) is 12.7 Å². The molecule has 0 atom stereocenters. The molecule has 2 amide bonds. The van der Waals surface area contributed by atoms with E-state index in [-0.39, 0.29) is 23.1 Å². The Morgan fingerprint density at radius 3 is 2.34 bits per heavy atom. The van der Waals surface area contributed by atoms with E-state index in [2.05, 4.69) is 10.6 Å². The quantitative estimate of drug-likeness (QED) is 0.620. The van der Waals surface area contributed by atoms with Gasteiger partial charge in [0.25, 0.3) is 5.91 Å². The molecule has 29 heavy (non-hydrogen) atoms. The molecular weight excluding hydrogens is 414 g/mol. The fourth-order valence-electron chi connectivity index (χ4n) is 2.47. The lowest BCUT2D eigenvalue weighted by Gasteiger charge is -2.14. The number of halogens is 1. The molecule has 7 nitrogen and oxygen atoms in total. The van der Waals surface area contributed by atoms with Crippen LogP contribution in [0, 0.1) is 6.92 Å². The van der Waals surface area contributed by atoms with Crippen molar-refractivity contribution in [2.75, 3.05) is 26.0 Å². The van der Waals surface area contributed by atoms with Gasteiger partial charge in [0.15, 0.2) is 0 Å². The topological polar surface area (TPSA) is 95.6 Å². The third kappa shape index (κ3) is 6.28. The highest BCUT2D eigenvalue weighted by atomic mass is 35.5. The minimum atomic E-state index is -3.59. The fourth-order valence-corrected chi connectivity index (χ4v) is 3.53. The number of benzene rings is 2. The average molecular weight is 438 g/mol. The summed E-state index contributed by atoms with van der Waals surface area (Å²) >= 11 is 5.79. The fraction of sp³-hybridized carbons (Fsp3) is 0.300. The van der Waals surface area contributed by atoms with Gasteiger partial charge in [-0.05, 0) is 55.3 Å². The maximum Gasteiger partial charge on any atom is 0.251 e. The number of sulfonamides is 1. The molecule has 0 aliphatic carbocycles. The zero-order chi connectivity index (χ0) is 21.6. The van der Waals surface area contributed by atoms with Crippen LogP contribution in [0.5, 0.6) is 0 Å². The van der Waals surface area contributed by atoms with Crippen LogP contribution in [0.4, 0.5) is 5.69 Å². The molecule has 0 heterocycles. The molecule has 2 aromatic carbocycles. The number of anilines is 1. The summed E-state index contributed by atoms with van der Waals surface area (Å²) in [7, 11) is -0.685. The van der Waals surface area contributed by atoms with E-state index in [1.165, 1.54) is 26.2 Å². The van der Waals surface area contributed by atoms with Gasteiger partial charge < -0.3 is 10.6 Å². The molecule has 156 valence electrons. The van der Waals surface area contributed by atoms with Crippen molar-refractivity contribution in [2.45, 2.75) is 24.7 Å². The molecule has 0 saturated carbocycles. The van der Waals surface area contributed by atoms with Gasteiger partial charge in [0.2, 0.25) is 15.9 Å². The van der Waals surface area contributed by atoms with E-state index >= 15 is 0 Å². The Labute approximate surface area is 176 Å². The minimum absolute atomic E-state index is 0.110. The van der Waals surface area contributed by atoms with Crippen LogP contribution in [0.15, 0.2) is 47.4 Å². The molecule has 0 saturated heterocycles. The van der Waals surface area contributed by atoms with Crippen LogP contribution in [-0.4, -0.2) is 45.2 Å². The number of hydrogen-bond donors (Lipinski definition) is 2. The SMILES string of the molecule is Cc1ccc(S(=O)(=O)N(C)C)cc1NC(=O)CCCNC(=O)c1ccc(Cl)cc1.